The minimum absolute atomic E-state index is 0.000427. The van der Waals surface area contributed by atoms with Gasteiger partial charge in [0.2, 0.25) is 5.91 Å². The standard InChI is InChI=1S/C17H15N3O5/c1-10(15(22)18-13-7-5-12(6-8-13)11(2)21)20-17(23)25-16(19-20)14-4-3-9-24-14/h3-10H,1-2H3,(H,18,22). The highest BCUT2D eigenvalue weighted by Crippen LogP contribution is 2.17. The maximum atomic E-state index is 12.3. The molecule has 0 bridgehead atoms. The molecule has 0 fully saturated rings. The third-order valence-corrected chi connectivity index (χ3v) is 3.61. The molecule has 2 aromatic heterocycles. The Morgan fingerprint density at radius 1 is 1.20 bits per heavy atom. The van der Waals surface area contributed by atoms with Crippen LogP contribution in [0.25, 0.3) is 11.7 Å². The van der Waals surface area contributed by atoms with Crippen molar-refractivity contribution in [2.24, 2.45) is 0 Å². The molecule has 8 nitrogen and oxygen atoms in total. The van der Waals surface area contributed by atoms with Crippen molar-refractivity contribution < 1.29 is 18.4 Å². The Bertz CT molecular complexity index is 951. The SMILES string of the molecule is CC(=O)c1ccc(NC(=O)C(C)n2nc(-c3ccco3)oc2=O)cc1. The quantitative estimate of drug-likeness (QED) is 0.714. The molecule has 0 aliphatic heterocycles. The average molecular weight is 341 g/mol. The van der Waals surface area contributed by atoms with Gasteiger partial charge in [-0.2, -0.15) is 4.68 Å². The summed E-state index contributed by atoms with van der Waals surface area (Å²) in [5, 5.41) is 6.65. The van der Waals surface area contributed by atoms with Crippen LogP contribution < -0.4 is 11.1 Å². The van der Waals surface area contributed by atoms with Crippen molar-refractivity contribution in [2.45, 2.75) is 19.9 Å². The molecule has 2 heterocycles. The number of furan rings is 1. The first kappa shape index (κ1) is 16.4. The largest absolute Gasteiger partial charge is 0.459 e. The topological polar surface area (TPSA) is 107 Å². The first-order valence-electron chi connectivity index (χ1n) is 7.51. The van der Waals surface area contributed by atoms with Crippen LogP contribution in [0.3, 0.4) is 0 Å². The van der Waals surface area contributed by atoms with Crippen LogP contribution in [-0.4, -0.2) is 21.5 Å². The molecule has 1 N–H and O–H groups in total. The van der Waals surface area contributed by atoms with E-state index in [0.29, 0.717) is 17.0 Å². The Balaban J connectivity index is 1.76. The van der Waals surface area contributed by atoms with Gasteiger partial charge < -0.3 is 14.2 Å². The molecule has 1 amide bonds. The molecule has 0 aliphatic carbocycles. The molecule has 8 heteroatoms. The fraction of sp³-hybridized carbons (Fsp3) is 0.176. The molecular weight excluding hydrogens is 326 g/mol. The van der Waals surface area contributed by atoms with Crippen LogP contribution >= 0.6 is 0 Å². The minimum atomic E-state index is -0.896. The number of carbonyl (C=O) groups excluding carboxylic acids is 2. The molecule has 0 spiro atoms. The lowest BCUT2D eigenvalue weighted by Crippen LogP contribution is -2.30. The van der Waals surface area contributed by atoms with Gasteiger partial charge in [0, 0.05) is 11.3 Å². The van der Waals surface area contributed by atoms with Crippen molar-refractivity contribution in [1.82, 2.24) is 9.78 Å². The van der Waals surface area contributed by atoms with Gasteiger partial charge in [-0.05, 0) is 50.2 Å². The van der Waals surface area contributed by atoms with Crippen LogP contribution in [0.5, 0.6) is 0 Å². The van der Waals surface area contributed by atoms with Crippen LogP contribution in [0.4, 0.5) is 5.69 Å². The Kier molecular flexibility index (Phi) is 4.34. The van der Waals surface area contributed by atoms with E-state index < -0.39 is 17.7 Å². The summed E-state index contributed by atoms with van der Waals surface area (Å²) in [5.74, 6) is -0.979. The lowest BCUT2D eigenvalue weighted by Gasteiger charge is -2.11. The lowest BCUT2D eigenvalue weighted by molar-refractivity contribution is -0.119. The zero-order valence-electron chi connectivity index (χ0n) is 13.6. The first-order chi connectivity index (χ1) is 12.0. The number of nitrogens with one attached hydrogen (secondary N) is 1. The second-order valence-electron chi connectivity index (χ2n) is 5.39. The maximum Gasteiger partial charge on any atom is 0.438 e. The summed E-state index contributed by atoms with van der Waals surface area (Å²) in [6, 6.07) is 8.78. The van der Waals surface area contributed by atoms with E-state index in [1.807, 2.05) is 0 Å². The Labute approximate surface area is 142 Å². The zero-order chi connectivity index (χ0) is 18.0. The molecule has 0 radical (unpaired) electrons. The number of anilines is 1. The number of hydrogen-bond donors (Lipinski definition) is 1. The lowest BCUT2D eigenvalue weighted by atomic mass is 10.1. The molecule has 1 atom stereocenters. The highest BCUT2D eigenvalue weighted by molar-refractivity contribution is 5.96. The predicted molar refractivity (Wildman–Crippen MR) is 88.3 cm³/mol. The van der Waals surface area contributed by atoms with Gasteiger partial charge in [0.15, 0.2) is 11.5 Å². The highest BCUT2D eigenvalue weighted by Gasteiger charge is 2.22. The molecular formula is C17H15N3O5. The van der Waals surface area contributed by atoms with Crippen molar-refractivity contribution in [3.05, 3.63) is 58.8 Å². The zero-order valence-corrected chi connectivity index (χ0v) is 13.6. The number of ketones is 1. The number of nitrogens with zero attached hydrogens (tertiary/aromatic N) is 2. The molecule has 0 saturated carbocycles. The molecule has 25 heavy (non-hydrogen) atoms. The molecule has 128 valence electrons. The first-order valence-corrected chi connectivity index (χ1v) is 7.51. The summed E-state index contributed by atoms with van der Waals surface area (Å²) < 4.78 is 11.1. The van der Waals surface area contributed by atoms with E-state index in [4.69, 9.17) is 8.83 Å². The maximum absolute atomic E-state index is 12.3. The molecule has 3 aromatic rings. The summed E-state index contributed by atoms with van der Waals surface area (Å²) in [5.41, 5.74) is 1.05. The summed E-state index contributed by atoms with van der Waals surface area (Å²) >= 11 is 0. The molecule has 0 aliphatic rings. The number of carbonyl (C=O) groups is 2. The number of hydrogen-bond acceptors (Lipinski definition) is 6. The van der Waals surface area contributed by atoms with Crippen molar-refractivity contribution in [2.75, 3.05) is 5.32 Å². The van der Waals surface area contributed by atoms with Gasteiger partial charge in [0.05, 0.1) is 6.26 Å². The Morgan fingerprint density at radius 3 is 2.52 bits per heavy atom. The van der Waals surface area contributed by atoms with Gasteiger partial charge in [-0.15, -0.1) is 5.10 Å². The number of aromatic nitrogens is 2. The van der Waals surface area contributed by atoms with Crippen molar-refractivity contribution in [3.8, 4) is 11.7 Å². The van der Waals surface area contributed by atoms with Crippen molar-refractivity contribution in [1.29, 1.82) is 0 Å². The number of Topliss-reactive ketones (excluding diaryl/α,β-unsaturated/α-hetero) is 1. The van der Waals surface area contributed by atoms with Gasteiger partial charge in [-0.25, -0.2) is 4.79 Å². The van der Waals surface area contributed by atoms with E-state index in [-0.39, 0.29) is 11.7 Å². The summed E-state index contributed by atoms with van der Waals surface area (Å²) in [6.45, 7) is 2.98. The van der Waals surface area contributed by atoms with Crippen molar-refractivity contribution in [3.63, 3.8) is 0 Å². The van der Waals surface area contributed by atoms with Crippen molar-refractivity contribution >= 4 is 17.4 Å². The third kappa shape index (κ3) is 3.42. The smallest absolute Gasteiger partial charge is 0.438 e. The fourth-order valence-corrected chi connectivity index (χ4v) is 2.18. The van der Waals surface area contributed by atoms with E-state index in [1.54, 1.807) is 36.4 Å². The third-order valence-electron chi connectivity index (χ3n) is 3.61. The second-order valence-corrected chi connectivity index (χ2v) is 5.39. The van der Waals surface area contributed by atoms with Gasteiger partial charge >= 0.3 is 5.76 Å². The summed E-state index contributed by atoms with van der Waals surface area (Å²) in [7, 11) is 0. The van der Waals surface area contributed by atoms with E-state index >= 15 is 0 Å². The van der Waals surface area contributed by atoms with Crippen LogP contribution in [0.1, 0.15) is 30.2 Å². The van der Waals surface area contributed by atoms with Gasteiger partial charge in [0.25, 0.3) is 5.89 Å². The van der Waals surface area contributed by atoms with Gasteiger partial charge in [0.1, 0.15) is 6.04 Å². The van der Waals surface area contributed by atoms with E-state index in [0.717, 1.165) is 4.68 Å². The van der Waals surface area contributed by atoms with E-state index in [2.05, 4.69) is 10.4 Å². The highest BCUT2D eigenvalue weighted by atomic mass is 16.4. The summed E-state index contributed by atoms with van der Waals surface area (Å²) in [6.07, 6.45) is 1.43. The molecule has 1 aromatic carbocycles. The molecule has 3 rings (SSSR count). The van der Waals surface area contributed by atoms with Crippen LogP contribution in [0, 0.1) is 0 Å². The van der Waals surface area contributed by atoms with E-state index in [9.17, 15) is 14.4 Å². The molecule has 1 unspecified atom stereocenters. The minimum Gasteiger partial charge on any atom is -0.459 e. The summed E-state index contributed by atoms with van der Waals surface area (Å²) in [4.78, 5) is 35.5. The number of rotatable bonds is 5. The molecule has 0 saturated heterocycles. The second kappa shape index (κ2) is 6.60. The van der Waals surface area contributed by atoms with Crippen LogP contribution in [-0.2, 0) is 4.79 Å². The van der Waals surface area contributed by atoms with E-state index in [1.165, 1.54) is 20.1 Å². The normalized spacial score (nSPS) is 11.9. The monoisotopic (exact) mass is 341 g/mol. The van der Waals surface area contributed by atoms with Crippen LogP contribution in [0.15, 0.2) is 56.3 Å². The number of amides is 1. The Hall–Kier alpha value is -3.42. The average Bonchev–Trinajstić information content (AvgIpc) is 3.24. The van der Waals surface area contributed by atoms with Gasteiger partial charge in [-0.1, -0.05) is 0 Å². The predicted octanol–water partition coefficient (Wildman–Crippen LogP) is 2.50. The fourth-order valence-electron chi connectivity index (χ4n) is 2.18. The van der Waals surface area contributed by atoms with Crippen LogP contribution in [0.2, 0.25) is 0 Å². The van der Waals surface area contributed by atoms with Gasteiger partial charge in [-0.3, -0.25) is 9.59 Å². The Morgan fingerprint density at radius 2 is 1.92 bits per heavy atom. The number of benzene rings is 1.